The summed E-state index contributed by atoms with van der Waals surface area (Å²) < 4.78 is 1.06. The minimum atomic E-state index is -0.907. The van der Waals surface area contributed by atoms with Gasteiger partial charge in [-0.3, -0.25) is 14.3 Å². The van der Waals surface area contributed by atoms with Gasteiger partial charge in [-0.2, -0.15) is 5.10 Å². The zero-order valence-corrected chi connectivity index (χ0v) is 11.8. The quantitative estimate of drug-likeness (QED) is 0.314. The second-order valence-electron chi connectivity index (χ2n) is 4.44. The highest BCUT2D eigenvalue weighted by molar-refractivity contribution is 5.83. The molecule has 1 aromatic rings. The third-order valence-electron chi connectivity index (χ3n) is 2.81. The molecule has 0 spiro atoms. The third kappa shape index (κ3) is 4.79. The number of amides is 2. The summed E-state index contributed by atoms with van der Waals surface area (Å²) in [6.45, 7) is 2.34. The summed E-state index contributed by atoms with van der Waals surface area (Å²) in [7, 11) is 0. The van der Waals surface area contributed by atoms with Gasteiger partial charge in [0.05, 0.1) is 6.21 Å². The van der Waals surface area contributed by atoms with Crippen LogP contribution in [0.1, 0.15) is 38.2 Å². The molecule has 5 N–H and O–H groups in total. The zero-order valence-electron chi connectivity index (χ0n) is 11.8. The molecular weight excluding hydrogens is 278 g/mol. The number of nitrogens with zero attached hydrogens (tertiary/aromatic N) is 2. The Morgan fingerprint density at radius 2 is 2.14 bits per heavy atom. The summed E-state index contributed by atoms with van der Waals surface area (Å²) in [6, 6.07) is -0.907. The number of aromatic amines is 1. The molecule has 0 radical (unpaired) electrons. The van der Waals surface area contributed by atoms with Gasteiger partial charge in [0, 0.05) is 6.54 Å². The molecule has 0 unspecified atom stereocenters. The SMILES string of the molecule is CCCCCCn1c(O)c(C=NNC(N)=O)c(=O)[nH]c1=O. The average Bonchev–Trinajstić information content (AvgIpc) is 2.41. The van der Waals surface area contributed by atoms with Gasteiger partial charge in [-0.05, 0) is 6.42 Å². The molecule has 0 atom stereocenters. The van der Waals surface area contributed by atoms with Crippen LogP contribution in [0.25, 0.3) is 0 Å². The molecule has 0 aliphatic heterocycles. The second kappa shape index (κ2) is 7.88. The van der Waals surface area contributed by atoms with E-state index in [-0.39, 0.29) is 12.1 Å². The number of aromatic nitrogens is 2. The number of carbonyl (C=O) groups excluding carboxylic acids is 1. The van der Waals surface area contributed by atoms with Crippen molar-refractivity contribution in [2.24, 2.45) is 10.8 Å². The summed E-state index contributed by atoms with van der Waals surface area (Å²) in [5.41, 5.74) is 5.01. The van der Waals surface area contributed by atoms with Crippen LogP contribution in [0.4, 0.5) is 4.79 Å². The van der Waals surface area contributed by atoms with Gasteiger partial charge >= 0.3 is 11.7 Å². The number of hydrogen-bond acceptors (Lipinski definition) is 5. The van der Waals surface area contributed by atoms with E-state index in [1.54, 1.807) is 0 Å². The molecular formula is C12H19N5O4. The van der Waals surface area contributed by atoms with Gasteiger partial charge in [-0.1, -0.05) is 26.2 Å². The topological polar surface area (TPSA) is 143 Å². The number of rotatable bonds is 7. The van der Waals surface area contributed by atoms with Crippen LogP contribution < -0.4 is 22.4 Å². The van der Waals surface area contributed by atoms with Crippen molar-refractivity contribution in [2.45, 2.75) is 39.2 Å². The van der Waals surface area contributed by atoms with Crippen molar-refractivity contribution in [1.82, 2.24) is 15.0 Å². The van der Waals surface area contributed by atoms with Crippen LogP contribution in [0.5, 0.6) is 5.88 Å². The molecule has 1 rings (SSSR count). The van der Waals surface area contributed by atoms with Crippen LogP contribution in [-0.4, -0.2) is 26.9 Å². The molecule has 9 nitrogen and oxygen atoms in total. The maximum Gasteiger partial charge on any atom is 0.332 e. The maximum atomic E-state index is 11.7. The maximum absolute atomic E-state index is 11.7. The third-order valence-corrected chi connectivity index (χ3v) is 2.81. The average molecular weight is 297 g/mol. The van der Waals surface area contributed by atoms with E-state index in [9.17, 15) is 19.5 Å². The highest BCUT2D eigenvalue weighted by atomic mass is 16.3. The van der Waals surface area contributed by atoms with Gasteiger partial charge in [-0.25, -0.2) is 15.0 Å². The van der Waals surface area contributed by atoms with E-state index < -0.39 is 23.2 Å². The molecule has 0 bridgehead atoms. The normalized spacial score (nSPS) is 10.9. The van der Waals surface area contributed by atoms with Gasteiger partial charge in [0.25, 0.3) is 5.56 Å². The summed E-state index contributed by atoms with van der Waals surface area (Å²) in [6.07, 6.45) is 4.61. The van der Waals surface area contributed by atoms with Crippen LogP contribution in [0.15, 0.2) is 14.7 Å². The smallest absolute Gasteiger partial charge is 0.332 e. The molecule has 0 fully saturated rings. The number of hydrogen-bond donors (Lipinski definition) is 4. The number of hydrazone groups is 1. The van der Waals surface area contributed by atoms with Crippen molar-refractivity contribution >= 4 is 12.2 Å². The monoisotopic (exact) mass is 297 g/mol. The molecule has 2 amide bonds. The Bertz CT molecular complexity index is 632. The summed E-state index contributed by atoms with van der Waals surface area (Å²) in [4.78, 5) is 35.8. The Morgan fingerprint density at radius 1 is 1.43 bits per heavy atom. The molecule has 0 aliphatic carbocycles. The number of carbonyl (C=O) groups is 1. The van der Waals surface area contributed by atoms with Crippen molar-refractivity contribution in [3.8, 4) is 5.88 Å². The number of nitrogens with two attached hydrogens (primary N) is 1. The van der Waals surface area contributed by atoms with Crippen LogP contribution in [0.2, 0.25) is 0 Å². The molecule has 0 aliphatic rings. The van der Waals surface area contributed by atoms with Crippen LogP contribution in [-0.2, 0) is 6.54 Å². The van der Waals surface area contributed by atoms with E-state index in [1.165, 1.54) is 0 Å². The molecule has 0 aromatic carbocycles. The molecule has 1 heterocycles. The molecule has 116 valence electrons. The lowest BCUT2D eigenvalue weighted by atomic mass is 10.2. The largest absolute Gasteiger partial charge is 0.494 e. The highest BCUT2D eigenvalue weighted by Gasteiger charge is 2.12. The van der Waals surface area contributed by atoms with E-state index in [4.69, 9.17) is 5.73 Å². The molecule has 0 saturated heterocycles. The fraction of sp³-hybridized carbons (Fsp3) is 0.500. The Hall–Kier alpha value is -2.58. The summed E-state index contributed by atoms with van der Waals surface area (Å²) >= 11 is 0. The van der Waals surface area contributed by atoms with Crippen molar-refractivity contribution in [2.75, 3.05) is 0 Å². The number of H-pyrrole nitrogens is 1. The summed E-state index contributed by atoms with van der Waals surface area (Å²) in [5, 5.41) is 13.4. The molecule has 9 heteroatoms. The first-order chi connectivity index (χ1) is 9.97. The number of primary amides is 1. The van der Waals surface area contributed by atoms with Gasteiger partial charge < -0.3 is 10.8 Å². The predicted octanol–water partition coefficient (Wildman–Crippen LogP) is -0.175. The van der Waals surface area contributed by atoms with Crippen molar-refractivity contribution in [1.29, 1.82) is 0 Å². The van der Waals surface area contributed by atoms with Crippen molar-refractivity contribution < 1.29 is 9.90 Å². The van der Waals surface area contributed by atoms with Crippen molar-refractivity contribution in [3.63, 3.8) is 0 Å². The number of unbranched alkanes of at least 4 members (excludes halogenated alkanes) is 3. The Morgan fingerprint density at radius 3 is 2.76 bits per heavy atom. The van der Waals surface area contributed by atoms with E-state index in [2.05, 4.69) is 17.0 Å². The fourth-order valence-corrected chi connectivity index (χ4v) is 1.76. The molecule has 21 heavy (non-hydrogen) atoms. The number of nitrogens with one attached hydrogen (secondary N) is 2. The van der Waals surface area contributed by atoms with Gasteiger partial charge in [0.15, 0.2) is 0 Å². The Kier molecular flexibility index (Phi) is 6.18. The Balaban J connectivity index is 2.99. The van der Waals surface area contributed by atoms with E-state index in [0.29, 0.717) is 6.42 Å². The van der Waals surface area contributed by atoms with Crippen LogP contribution >= 0.6 is 0 Å². The van der Waals surface area contributed by atoms with E-state index >= 15 is 0 Å². The fourth-order valence-electron chi connectivity index (χ4n) is 1.76. The van der Waals surface area contributed by atoms with E-state index in [1.807, 2.05) is 5.43 Å². The zero-order chi connectivity index (χ0) is 15.8. The lowest BCUT2D eigenvalue weighted by Crippen LogP contribution is -2.32. The number of urea groups is 1. The van der Waals surface area contributed by atoms with Gasteiger partial charge in [-0.15, -0.1) is 0 Å². The molecule has 1 aromatic heterocycles. The van der Waals surface area contributed by atoms with Crippen LogP contribution in [0.3, 0.4) is 0 Å². The first-order valence-electron chi connectivity index (χ1n) is 6.62. The predicted molar refractivity (Wildman–Crippen MR) is 77.4 cm³/mol. The molecule has 0 saturated carbocycles. The standard InChI is InChI=1S/C12H19N5O4/c1-2-3-4-5-6-17-10(19)8(7-14-16-11(13)20)9(18)15-12(17)21/h7,19H,2-6H2,1H3,(H3,13,16,20)(H,15,18,21). The van der Waals surface area contributed by atoms with Crippen LogP contribution in [0, 0.1) is 0 Å². The van der Waals surface area contributed by atoms with Crippen molar-refractivity contribution in [3.05, 3.63) is 26.4 Å². The first-order valence-corrected chi connectivity index (χ1v) is 6.62. The highest BCUT2D eigenvalue weighted by Crippen LogP contribution is 2.09. The lowest BCUT2D eigenvalue weighted by molar-refractivity contribution is 0.249. The van der Waals surface area contributed by atoms with E-state index in [0.717, 1.165) is 30.0 Å². The minimum Gasteiger partial charge on any atom is -0.494 e. The second-order valence-corrected chi connectivity index (χ2v) is 4.44. The van der Waals surface area contributed by atoms with Gasteiger partial charge in [0.2, 0.25) is 5.88 Å². The van der Waals surface area contributed by atoms with Gasteiger partial charge in [0.1, 0.15) is 5.56 Å². The summed E-state index contributed by atoms with van der Waals surface area (Å²) in [5.74, 6) is -0.490. The first kappa shape index (κ1) is 16.5. The lowest BCUT2D eigenvalue weighted by Gasteiger charge is -2.09. The minimum absolute atomic E-state index is 0.223. The Labute approximate surface area is 120 Å². The number of aromatic hydroxyl groups is 1.